The molecule has 0 fully saturated rings. The summed E-state index contributed by atoms with van der Waals surface area (Å²) < 4.78 is 75.8. The van der Waals surface area contributed by atoms with Crippen LogP contribution < -0.4 is 9.46 Å². The van der Waals surface area contributed by atoms with Crippen LogP contribution in [0.4, 0.5) is 18.9 Å². The van der Waals surface area contributed by atoms with Crippen LogP contribution >= 0.6 is 0 Å². The van der Waals surface area contributed by atoms with Gasteiger partial charge in [-0.2, -0.15) is 23.3 Å². The van der Waals surface area contributed by atoms with Crippen molar-refractivity contribution in [2.45, 2.75) is 12.8 Å². The van der Waals surface area contributed by atoms with Gasteiger partial charge in [-0.05, 0) is 18.2 Å². The van der Waals surface area contributed by atoms with E-state index in [0.717, 1.165) is 18.4 Å². The standard InChI is InChI=1S/C20H17F3N6O4S/c1-29-16(11-32-17-7-6-13(9-24-17)20(21,22)23)15(10-25-29)19-26-18(27-33-19)12-4-3-5-14(8-12)28-34(2,30)31/h3-10,28H,11H2,1-2H3. The lowest BCUT2D eigenvalue weighted by Gasteiger charge is -2.09. The van der Waals surface area contributed by atoms with Crippen LogP contribution in [0.3, 0.4) is 0 Å². The summed E-state index contributed by atoms with van der Waals surface area (Å²) in [6.07, 6.45) is -1.27. The van der Waals surface area contributed by atoms with Gasteiger partial charge in [0.15, 0.2) is 0 Å². The first kappa shape index (κ1) is 23.2. The van der Waals surface area contributed by atoms with Crippen molar-refractivity contribution in [3.8, 4) is 28.7 Å². The molecular formula is C20H17F3N6O4S. The van der Waals surface area contributed by atoms with E-state index in [1.807, 2.05) is 0 Å². The number of sulfonamides is 1. The van der Waals surface area contributed by atoms with E-state index in [-0.39, 0.29) is 24.2 Å². The number of ether oxygens (including phenoxy) is 1. The maximum Gasteiger partial charge on any atom is 0.417 e. The van der Waals surface area contributed by atoms with Gasteiger partial charge in [0.2, 0.25) is 21.7 Å². The average molecular weight is 494 g/mol. The van der Waals surface area contributed by atoms with Crippen LogP contribution in [0.5, 0.6) is 5.88 Å². The molecule has 1 N–H and O–H groups in total. The topological polar surface area (TPSA) is 125 Å². The monoisotopic (exact) mass is 494 g/mol. The number of benzene rings is 1. The van der Waals surface area contributed by atoms with E-state index >= 15 is 0 Å². The maximum atomic E-state index is 12.7. The molecule has 0 aliphatic carbocycles. The number of pyridine rings is 1. The van der Waals surface area contributed by atoms with Gasteiger partial charge in [-0.15, -0.1) is 0 Å². The Morgan fingerprint density at radius 2 is 1.97 bits per heavy atom. The van der Waals surface area contributed by atoms with Crippen LogP contribution in [-0.4, -0.2) is 39.6 Å². The molecule has 34 heavy (non-hydrogen) atoms. The minimum atomic E-state index is -4.49. The summed E-state index contributed by atoms with van der Waals surface area (Å²) in [7, 11) is -1.80. The number of alkyl halides is 3. The van der Waals surface area contributed by atoms with Gasteiger partial charge in [0.1, 0.15) is 6.61 Å². The minimum absolute atomic E-state index is 0.00144. The summed E-state index contributed by atoms with van der Waals surface area (Å²) in [4.78, 5) is 8.03. The van der Waals surface area contributed by atoms with Crippen molar-refractivity contribution in [3.63, 3.8) is 0 Å². The molecule has 14 heteroatoms. The third kappa shape index (κ3) is 5.33. The second-order valence-corrected chi connectivity index (χ2v) is 8.93. The van der Waals surface area contributed by atoms with Crippen molar-refractivity contribution in [1.29, 1.82) is 0 Å². The highest BCUT2D eigenvalue weighted by atomic mass is 32.2. The molecule has 178 valence electrons. The van der Waals surface area contributed by atoms with E-state index in [1.54, 1.807) is 31.3 Å². The van der Waals surface area contributed by atoms with Crippen LogP contribution in [0, 0.1) is 0 Å². The van der Waals surface area contributed by atoms with E-state index < -0.39 is 21.8 Å². The molecule has 3 heterocycles. The number of aromatic nitrogens is 5. The highest BCUT2D eigenvalue weighted by Crippen LogP contribution is 2.30. The summed E-state index contributed by atoms with van der Waals surface area (Å²) in [5, 5.41) is 8.09. The largest absolute Gasteiger partial charge is 0.471 e. The molecule has 0 unspecified atom stereocenters. The Kier molecular flexibility index (Phi) is 6.00. The molecule has 4 aromatic rings. The third-order valence-electron chi connectivity index (χ3n) is 4.56. The normalized spacial score (nSPS) is 12.0. The number of nitrogens with one attached hydrogen (secondary N) is 1. The SMILES string of the molecule is Cn1ncc(-c2nc(-c3cccc(NS(C)(=O)=O)c3)no2)c1COc1ccc(C(F)(F)F)cn1. The van der Waals surface area contributed by atoms with Crippen LogP contribution in [0.25, 0.3) is 22.8 Å². The van der Waals surface area contributed by atoms with Crippen LogP contribution in [-0.2, 0) is 29.9 Å². The summed E-state index contributed by atoms with van der Waals surface area (Å²) in [6, 6.07) is 8.46. The van der Waals surface area contributed by atoms with Gasteiger partial charge >= 0.3 is 6.18 Å². The van der Waals surface area contributed by atoms with Gasteiger partial charge in [0.05, 0.1) is 29.3 Å². The molecule has 0 saturated heterocycles. The molecule has 0 amide bonds. The zero-order chi connectivity index (χ0) is 24.5. The lowest BCUT2D eigenvalue weighted by atomic mass is 10.2. The smallest absolute Gasteiger partial charge is 0.417 e. The second kappa shape index (κ2) is 8.78. The molecule has 0 aliphatic heterocycles. The van der Waals surface area contributed by atoms with E-state index in [0.29, 0.717) is 28.7 Å². The number of nitrogens with zero attached hydrogens (tertiary/aromatic N) is 5. The molecule has 0 bridgehead atoms. The van der Waals surface area contributed by atoms with Gasteiger partial charge in [0.25, 0.3) is 5.89 Å². The predicted molar refractivity (Wildman–Crippen MR) is 114 cm³/mol. The lowest BCUT2D eigenvalue weighted by Crippen LogP contribution is -2.09. The van der Waals surface area contributed by atoms with Crippen molar-refractivity contribution in [3.05, 3.63) is 60.0 Å². The third-order valence-corrected chi connectivity index (χ3v) is 5.17. The van der Waals surface area contributed by atoms with Crippen LogP contribution in [0.2, 0.25) is 0 Å². The first-order valence-corrected chi connectivity index (χ1v) is 11.5. The number of hydrogen-bond acceptors (Lipinski definition) is 8. The van der Waals surface area contributed by atoms with Crippen molar-refractivity contribution >= 4 is 15.7 Å². The second-order valence-electron chi connectivity index (χ2n) is 7.18. The molecule has 3 aromatic heterocycles. The summed E-state index contributed by atoms with van der Waals surface area (Å²) in [6.45, 7) is -0.0737. The fourth-order valence-electron chi connectivity index (χ4n) is 2.97. The lowest BCUT2D eigenvalue weighted by molar-refractivity contribution is -0.137. The summed E-state index contributed by atoms with van der Waals surface area (Å²) in [5.74, 6) is 0.345. The Hall–Kier alpha value is -3.94. The fourth-order valence-corrected chi connectivity index (χ4v) is 3.53. The van der Waals surface area contributed by atoms with Crippen molar-refractivity contribution in [2.24, 2.45) is 7.05 Å². The summed E-state index contributed by atoms with van der Waals surface area (Å²) in [5.41, 5.74) is 0.948. The Bertz CT molecular complexity index is 1410. The molecule has 0 atom stereocenters. The molecule has 10 nitrogen and oxygen atoms in total. The number of aryl methyl sites for hydroxylation is 1. The highest BCUT2D eigenvalue weighted by Gasteiger charge is 2.30. The molecule has 0 aliphatic rings. The summed E-state index contributed by atoms with van der Waals surface area (Å²) >= 11 is 0. The van der Waals surface area contributed by atoms with Crippen molar-refractivity contribution in [2.75, 3.05) is 11.0 Å². The first-order chi connectivity index (χ1) is 16.0. The molecule has 1 aromatic carbocycles. The molecule has 0 spiro atoms. The maximum absolute atomic E-state index is 12.7. The minimum Gasteiger partial charge on any atom is -0.471 e. The quantitative estimate of drug-likeness (QED) is 0.414. The van der Waals surface area contributed by atoms with E-state index in [1.165, 1.54) is 10.9 Å². The number of anilines is 1. The van der Waals surface area contributed by atoms with Crippen molar-refractivity contribution < 1.29 is 30.8 Å². The van der Waals surface area contributed by atoms with E-state index in [9.17, 15) is 21.6 Å². The molecule has 4 rings (SSSR count). The zero-order valence-electron chi connectivity index (χ0n) is 17.7. The Morgan fingerprint density at radius 3 is 2.65 bits per heavy atom. The van der Waals surface area contributed by atoms with E-state index in [4.69, 9.17) is 9.26 Å². The zero-order valence-corrected chi connectivity index (χ0v) is 18.6. The first-order valence-electron chi connectivity index (χ1n) is 9.59. The Morgan fingerprint density at radius 1 is 1.18 bits per heavy atom. The van der Waals surface area contributed by atoms with Crippen molar-refractivity contribution in [1.82, 2.24) is 24.9 Å². The average Bonchev–Trinajstić information content (AvgIpc) is 3.38. The Labute approximate surface area is 191 Å². The molecule has 0 saturated carbocycles. The molecule has 0 radical (unpaired) electrons. The van der Waals surface area contributed by atoms with E-state index in [2.05, 4.69) is 24.9 Å². The highest BCUT2D eigenvalue weighted by molar-refractivity contribution is 7.92. The van der Waals surface area contributed by atoms with Gasteiger partial charge < -0.3 is 9.26 Å². The number of rotatable bonds is 7. The van der Waals surface area contributed by atoms with Crippen LogP contribution in [0.1, 0.15) is 11.3 Å². The predicted octanol–water partition coefficient (Wildman–Crippen LogP) is 3.50. The Balaban J connectivity index is 1.53. The van der Waals surface area contributed by atoms with Gasteiger partial charge in [-0.1, -0.05) is 17.3 Å². The van der Waals surface area contributed by atoms with Gasteiger partial charge in [-0.3, -0.25) is 9.40 Å². The van der Waals surface area contributed by atoms with Gasteiger partial charge in [0, 0.05) is 30.6 Å². The number of halogens is 3. The number of hydrogen-bond donors (Lipinski definition) is 1. The fraction of sp³-hybridized carbons (Fsp3) is 0.200. The van der Waals surface area contributed by atoms with Gasteiger partial charge in [-0.25, -0.2) is 13.4 Å². The van der Waals surface area contributed by atoms with Crippen LogP contribution in [0.15, 0.2) is 53.3 Å². The molecular weight excluding hydrogens is 477 g/mol.